The summed E-state index contributed by atoms with van der Waals surface area (Å²) in [5.41, 5.74) is 2.41. The van der Waals surface area contributed by atoms with Crippen molar-refractivity contribution in [3.8, 4) is 0 Å². The van der Waals surface area contributed by atoms with Crippen LogP contribution in [0.3, 0.4) is 0 Å². The van der Waals surface area contributed by atoms with E-state index in [-0.39, 0.29) is 12.6 Å². The van der Waals surface area contributed by atoms with Crippen LogP contribution in [0, 0.1) is 6.92 Å². The first-order valence-corrected chi connectivity index (χ1v) is 5.69. The minimum absolute atomic E-state index is 0.0427. The minimum atomic E-state index is 0.0427. The molecule has 1 unspecified atom stereocenters. The molecule has 90 valence electrons. The van der Waals surface area contributed by atoms with Crippen molar-refractivity contribution in [1.29, 1.82) is 0 Å². The molecule has 0 aliphatic rings. The summed E-state index contributed by atoms with van der Waals surface area (Å²) >= 11 is 0. The predicted octanol–water partition coefficient (Wildman–Crippen LogP) is 1.18. The zero-order valence-electron chi connectivity index (χ0n) is 10.4. The number of aryl methyl sites for hydroxylation is 1. The largest absolute Gasteiger partial charge is 0.394 e. The van der Waals surface area contributed by atoms with E-state index in [1.54, 1.807) is 0 Å². The minimum Gasteiger partial charge on any atom is -0.394 e. The maximum absolute atomic E-state index is 9.39. The highest BCUT2D eigenvalue weighted by Crippen LogP contribution is 2.16. The van der Waals surface area contributed by atoms with E-state index in [1.807, 2.05) is 26.2 Å². The highest BCUT2D eigenvalue weighted by atomic mass is 16.3. The first-order chi connectivity index (χ1) is 7.65. The van der Waals surface area contributed by atoms with Crippen LogP contribution in [-0.2, 0) is 0 Å². The van der Waals surface area contributed by atoms with Crippen LogP contribution in [0.5, 0.6) is 0 Å². The van der Waals surface area contributed by atoms with Crippen molar-refractivity contribution in [3.05, 3.63) is 35.4 Å². The highest BCUT2D eigenvalue weighted by Gasteiger charge is 2.11. The van der Waals surface area contributed by atoms with Crippen LogP contribution in [0.25, 0.3) is 0 Å². The van der Waals surface area contributed by atoms with Crippen LogP contribution >= 0.6 is 0 Å². The standard InChI is InChI=1S/C13H22N2O/c1-11-6-4-5-7-12(11)13(10-16)14-8-9-15(2)3/h4-7,13-14,16H,8-10H2,1-3H3. The fraction of sp³-hybridized carbons (Fsp3) is 0.538. The lowest BCUT2D eigenvalue weighted by Crippen LogP contribution is -2.31. The van der Waals surface area contributed by atoms with Gasteiger partial charge >= 0.3 is 0 Å². The number of nitrogens with zero attached hydrogens (tertiary/aromatic N) is 1. The molecule has 0 aromatic heterocycles. The Hall–Kier alpha value is -0.900. The van der Waals surface area contributed by atoms with E-state index in [9.17, 15) is 5.11 Å². The van der Waals surface area contributed by atoms with Crippen molar-refractivity contribution in [1.82, 2.24) is 10.2 Å². The van der Waals surface area contributed by atoms with Crippen molar-refractivity contribution in [2.45, 2.75) is 13.0 Å². The third-order valence-electron chi connectivity index (χ3n) is 2.70. The Balaban J connectivity index is 2.57. The Morgan fingerprint density at radius 3 is 2.56 bits per heavy atom. The van der Waals surface area contributed by atoms with Crippen LogP contribution < -0.4 is 5.32 Å². The zero-order chi connectivity index (χ0) is 12.0. The summed E-state index contributed by atoms with van der Waals surface area (Å²) in [5, 5.41) is 12.8. The average molecular weight is 222 g/mol. The number of aliphatic hydroxyl groups is 1. The summed E-state index contributed by atoms with van der Waals surface area (Å²) in [5.74, 6) is 0. The van der Waals surface area contributed by atoms with Crippen LogP contribution in [0.15, 0.2) is 24.3 Å². The topological polar surface area (TPSA) is 35.5 Å². The summed E-state index contributed by atoms with van der Waals surface area (Å²) < 4.78 is 0. The fourth-order valence-electron chi connectivity index (χ4n) is 1.71. The molecule has 1 rings (SSSR count). The zero-order valence-corrected chi connectivity index (χ0v) is 10.4. The smallest absolute Gasteiger partial charge is 0.0626 e. The van der Waals surface area contributed by atoms with Crippen LogP contribution in [-0.4, -0.2) is 43.8 Å². The van der Waals surface area contributed by atoms with Gasteiger partial charge in [0.15, 0.2) is 0 Å². The maximum atomic E-state index is 9.39. The second-order valence-corrected chi connectivity index (χ2v) is 4.35. The van der Waals surface area contributed by atoms with Crippen molar-refractivity contribution in [3.63, 3.8) is 0 Å². The molecule has 3 heteroatoms. The van der Waals surface area contributed by atoms with Gasteiger partial charge in [-0.2, -0.15) is 0 Å². The number of hydrogen-bond acceptors (Lipinski definition) is 3. The first-order valence-electron chi connectivity index (χ1n) is 5.69. The second kappa shape index (κ2) is 6.63. The molecule has 0 aliphatic heterocycles. The average Bonchev–Trinajstić information content (AvgIpc) is 2.25. The lowest BCUT2D eigenvalue weighted by atomic mass is 10.0. The lowest BCUT2D eigenvalue weighted by molar-refractivity contribution is 0.240. The van der Waals surface area contributed by atoms with Crippen molar-refractivity contribution in [2.24, 2.45) is 0 Å². The lowest BCUT2D eigenvalue weighted by Gasteiger charge is -2.20. The molecule has 0 saturated carbocycles. The third-order valence-corrected chi connectivity index (χ3v) is 2.70. The molecule has 1 aromatic rings. The molecular formula is C13H22N2O. The Morgan fingerprint density at radius 2 is 2.00 bits per heavy atom. The molecule has 0 bridgehead atoms. The van der Waals surface area contributed by atoms with Crippen LogP contribution in [0.4, 0.5) is 0 Å². The molecule has 2 N–H and O–H groups in total. The van der Waals surface area contributed by atoms with Gasteiger partial charge in [0.05, 0.1) is 12.6 Å². The monoisotopic (exact) mass is 222 g/mol. The normalized spacial score (nSPS) is 13.1. The Labute approximate surface area is 98.1 Å². The molecule has 0 amide bonds. The van der Waals surface area contributed by atoms with Gasteiger partial charge in [-0.15, -0.1) is 0 Å². The van der Waals surface area contributed by atoms with Gasteiger partial charge in [0.2, 0.25) is 0 Å². The summed E-state index contributed by atoms with van der Waals surface area (Å²) in [6.45, 7) is 4.07. The van der Waals surface area contributed by atoms with E-state index in [1.165, 1.54) is 11.1 Å². The summed E-state index contributed by atoms with van der Waals surface area (Å²) in [4.78, 5) is 2.12. The predicted molar refractivity (Wildman–Crippen MR) is 67.6 cm³/mol. The van der Waals surface area contributed by atoms with Gasteiger partial charge < -0.3 is 15.3 Å². The van der Waals surface area contributed by atoms with E-state index in [0.29, 0.717) is 0 Å². The SMILES string of the molecule is Cc1ccccc1C(CO)NCCN(C)C. The van der Waals surface area contributed by atoms with Crippen molar-refractivity contribution >= 4 is 0 Å². The van der Waals surface area contributed by atoms with Gasteiger partial charge in [0, 0.05) is 13.1 Å². The third kappa shape index (κ3) is 3.93. The highest BCUT2D eigenvalue weighted by molar-refractivity contribution is 5.28. The number of aliphatic hydroxyl groups excluding tert-OH is 1. The number of rotatable bonds is 6. The second-order valence-electron chi connectivity index (χ2n) is 4.35. The number of likely N-dealkylation sites (N-methyl/N-ethyl adjacent to an activating group) is 1. The van der Waals surface area contributed by atoms with Crippen LogP contribution in [0.2, 0.25) is 0 Å². The number of hydrogen-bond donors (Lipinski definition) is 2. The van der Waals surface area contributed by atoms with E-state index in [2.05, 4.69) is 29.3 Å². The van der Waals surface area contributed by atoms with Gasteiger partial charge in [-0.1, -0.05) is 24.3 Å². The Kier molecular flexibility index (Phi) is 5.46. The van der Waals surface area contributed by atoms with E-state index in [0.717, 1.165) is 13.1 Å². The molecular weight excluding hydrogens is 200 g/mol. The summed E-state index contributed by atoms with van der Waals surface area (Å²) in [6, 6.07) is 8.22. The van der Waals surface area contributed by atoms with E-state index >= 15 is 0 Å². The molecule has 0 fully saturated rings. The summed E-state index contributed by atoms with van der Waals surface area (Å²) in [7, 11) is 4.09. The number of nitrogens with one attached hydrogen (secondary N) is 1. The summed E-state index contributed by atoms with van der Waals surface area (Å²) in [6.07, 6.45) is 0. The van der Waals surface area contributed by atoms with Crippen molar-refractivity contribution < 1.29 is 5.11 Å². The quantitative estimate of drug-likeness (QED) is 0.758. The van der Waals surface area contributed by atoms with Gasteiger partial charge in [0.1, 0.15) is 0 Å². The van der Waals surface area contributed by atoms with Gasteiger partial charge in [0.25, 0.3) is 0 Å². The van der Waals surface area contributed by atoms with Gasteiger partial charge in [-0.05, 0) is 32.1 Å². The molecule has 0 radical (unpaired) electrons. The Morgan fingerprint density at radius 1 is 1.31 bits per heavy atom. The van der Waals surface area contributed by atoms with Crippen molar-refractivity contribution in [2.75, 3.05) is 33.8 Å². The maximum Gasteiger partial charge on any atom is 0.0626 e. The van der Waals surface area contributed by atoms with Gasteiger partial charge in [-0.3, -0.25) is 0 Å². The molecule has 1 aromatic carbocycles. The molecule has 3 nitrogen and oxygen atoms in total. The Bertz CT molecular complexity index is 313. The molecule has 0 spiro atoms. The van der Waals surface area contributed by atoms with E-state index < -0.39 is 0 Å². The van der Waals surface area contributed by atoms with E-state index in [4.69, 9.17) is 0 Å². The molecule has 0 heterocycles. The molecule has 0 saturated heterocycles. The van der Waals surface area contributed by atoms with Crippen LogP contribution in [0.1, 0.15) is 17.2 Å². The molecule has 1 atom stereocenters. The molecule has 0 aliphatic carbocycles. The first kappa shape index (κ1) is 13.2. The number of benzene rings is 1. The fourth-order valence-corrected chi connectivity index (χ4v) is 1.71. The molecule has 16 heavy (non-hydrogen) atoms. The van der Waals surface area contributed by atoms with Gasteiger partial charge in [-0.25, -0.2) is 0 Å².